The van der Waals surface area contributed by atoms with Crippen molar-refractivity contribution < 1.29 is 24.1 Å². The van der Waals surface area contributed by atoms with Crippen molar-refractivity contribution in [1.29, 1.82) is 0 Å². The second kappa shape index (κ2) is 13.3. The Balaban J connectivity index is 1.01. The zero-order valence-electron chi connectivity index (χ0n) is 27.0. The molecule has 4 aliphatic carbocycles. The third-order valence-corrected chi connectivity index (χ3v) is 11.5. The van der Waals surface area contributed by atoms with E-state index >= 15 is 0 Å². The SMILES string of the molecule is COC[C@@H]1CCCN1C[C@H]1O[C@@H](c2ccc(CNC(=O)NC34CC5CC(CC(C5)C3)C4)cc2)O[C@@H](c2ccc(CO)cc2)[C@H]1C. The van der Waals surface area contributed by atoms with Gasteiger partial charge in [0.1, 0.15) is 0 Å². The lowest BCUT2D eigenvalue weighted by Crippen LogP contribution is -2.61. The number of hydrogen-bond acceptors (Lipinski definition) is 6. The van der Waals surface area contributed by atoms with Gasteiger partial charge in [-0.05, 0) is 92.4 Å². The van der Waals surface area contributed by atoms with Gasteiger partial charge in [0.2, 0.25) is 0 Å². The minimum absolute atomic E-state index is 0.0135. The first-order valence-corrected chi connectivity index (χ1v) is 17.3. The van der Waals surface area contributed by atoms with E-state index in [-0.39, 0.29) is 36.3 Å². The Bertz CT molecular complexity index is 1260. The molecule has 6 aliphatic rings. The van der Waals surface area contributed by atoms with Gasteiger partial charge in [-0.25, -0.2) is 4.79 Å². The normalized spacial score (nSPS) is 35.9. The minimum atomic E-state index is -0.501. The Morgan fingerprint density at radius 1 is 0.956 bits per heavy atom. The third kappa shape index (κ3) is 6.82. The number of ether oxygens (including phenoxy) is 3. The molecule has 0 spiro atoms. The average Bonchev–Trinajstić information content (AvgIpc) is 3.47. The molecule has 2 aliphatic heterocycles. The van der Waals surface area contributed by atoms with Crippen molar-refractivity contribution in [1.82, 2.24) is 15.5 Å². The van der Waals surface area contributed by atoms with Crippen molar-refractivity contribution in [2.75, 3.05) is 26.8 Å². The van der Waals surface area contributed by atoms with Crippen LogP contribution in [0.3, 0.4) is 0 Å². The zero-order valence-corrected chi connectivity index (χ0v) is 27.0. The summed E-state index contributed by atoms with van der Waals surface area (Å²) in [5, 5.41) is 16.1. The Morgan fingerprint density at radius 2 is 1.60 bits per heavy atom. The van der Waals surface area contributed by atoms with E-state index in [4.69, 9.17) is 14.2 Å². The molecule has 2 heterocycles. The molecule has 2 amide bonds. The molecular weight excluding hydrogens is 566 g/mol. The number of carbonyl (C=O) groups is 1. The number of benzene rings is 2. The van der Waals surface area contributed by atoms with Crippen LogP contribution in [0.2, 0.25) is 0 Å². The number of methoxy groups -OCH3 is 1. The van der Waals surface area contributed by atoms with Gasteiger partial charge in [0.05, 0.1) is 25.4 Å². The van der Waals surface area contributed by atoms with Gasteiger partial charge < -0.3 is 30.0 Å². The molecule has 0 unspecified atom stereocenters. The predicted octanol–water partition coefficient (Wildman–Crippen LogP) is 5.85. The number of nitrogens with zero attached hydrogens (tertiary/aromatic N) is 1. The Morgan fingerprint density at radius 3 is 2.24 bits per heavy atom. The van der Waals surface area contributed by atoms with Gasteiger partial charge >= 0.3 is 6.03 Å². The Kier molecular flexibility index (Phi) is 9.21. The summed E-state index contributed by atoms with van der Waals surface area (Å²) >= 11 is 0. The molecule has 4 bridgehead atoms. The maximum atomic E-state index is 13.0. The summed E-state index contributed by atoms with van der Waals surface area (Å²) in [6.45, 7) is 5.36. The van der Waals surface area contributed by atoms with Crippen LogP contribution in [0.1, 0.15) is 92.9 Å². The highest BCUT2D eigenvalue weighted by atomic mass is 16.7. The van der Waals surface area contributed by atoms with Gasteiger partial charge in [-0.2, -0.15) is 0 Å². The maximum absolute atomic E-state index is 13.0. The predicted molar refractivity (Wildman–Crippen MR) is 172 cm³/mol. The van der Waals surface area contributed by atoms with Crippen LogP contribution in [0.15, 0.2) is 48.5 Å². The molecule has 6 fully saturated rings. The fraction of sp³-hybridized carbons (Fsp3) is 0.649. The number of carbonyl (C=O) groups excluding carboxylic acids is 1. The first-order chi connectivity index (χ1) is 21.9. The lowest BCUT2D eigenvalue weighted by molar-refractivity contribution is -0.276. The molecule has 0 aromatic heterocycles. The molecular formula is C37H51N3O5. The summed E-state index contributed by atoms with van der Waals surface area (Å²) in [7, 11) is 1.78. The molecule has 5 atom stereocenters. The summed E-state index contributed by atoms with van der Waals surface area (Å²) in [5.74, 6) is 2.55. The summed E-state index contributed by atoms with van der Waals surface area (Å²) in [5.41, 5.74) is 4.02. The topological polar surface area (TPSA) is 92.3 Å². The van der Waals surface area contributed by atoms with Crippen LogP contribution in [0.25, 0.3) is 0 Å². The second-order valence-corrected chi connectivity index (χ2v) is 14.8. The number of urea groups is 1. The number of nitrogens with one attached hydrogen (secondary N) is 2. The van der Waals surface area contributed by atoms with Crippen LogP contribution in [-0.2, 0) is 27.4 Å². The molecule has 3 N–H and O–H groups in total. The number of likely N-dealkylation sites (tertiary alicyclic amines) is 1. The fourth-order valence-electron chi connectivity index (χ4n) is 9.60. The van der Waals surface area contributed by atoms with Crippen LogP contribution >= 0.6 is 0 Å². The van der Waals surface area contributed by atoms with Crippen molar-refractivity contribution in [2.45, 2.75) is 102 Å². The number of hydrogen-bond donors (Lipinski definition) is 3. The molecule has 8 nitrogen and oxygen atoms in total. The quantitative estimate of drug-likeness (QED) is 0.310. The van der Waals surface area contributed by atoms with Crippen LogP contribution in [-0.4, -0.2) is 60.5 Å². The molecule has 244 valence electrons. The van der Waals surface area contributed by atoms with E-state index in [9.17, 15) is 9.90 Å². The van der Waals surface area contributed by atoms with Gasteiger partial charge in [0.15, 0.2) is 6.29 Å². The lowest BCUT2D eigenvalue weighted by Gasteiger charge is -2.56. The van der Waals surface area contributed by atoms with Crippen molar-refractivity contribution in [3.63, 3.8) is 0 Å². The first kappa shape index (κ1) is 31.1. The van der Waals surface area contributed by atoms with E-state index in [1.54, 1.807) is 7.11 Å². The third-order valence-electron chi connectivity index (χ3n) is 11.5. The van der Waals surface area contributed by atoms with Gasteiger partial charge in [0.25, 0.3) is 0 Å². The van der Waals surface area contributed by atoms with E-state index in [0.29, 0.717) is 12.6 Å². The molecule has 2 aromatic carbocycles. The first-order valence-electron chi connectivity index (χ1n) is 17.3. The van der Waals surface area contributed by atoms with Gasteiger partial charge in [-0.1, -0.05) is 55.5 Å². The molecule has 4 saturated carbocycles. The van der Waals surface area contributed by atoms with E-state index in [1.807, 2.05) is 12.1 Å². The van der Waals surface area contributed by atoms with E-state index < -0.39 is 6.29 Å². The monoisotopic (exact) mass is 617 g/mol. The molecule has 8 rings (SSSR count). The van der Waals surface area contributed by atoms with E-state index in [0.717, 1.165) is 85.4 Å². The highest BCUT2D eigenvalue weighted by Gasteiger charge is 2.51. The van der Waals surface area contributed by atoms with Gasteiger partial charge in [-0.3, -0.25) is 4.90 Å². The average molecular weight is 618 g/mol. The van der Waals surface area contributed by atoms with Crippen molar-refractivity contribution in [2.24, 2.45) is 23.7 Å². The van der Waals surface area contributed by atoms with Crippen molar-refractivity contribution in [3.8, 4) is 0 Å². The van der Waals surface area contributed by atoms with Crippen molar-refractivity contribution in [3.05, 3.63) is 70.8 Å². The smallest absolute Gasteiger partial charge is 0.315 e. The van der Waals surface area contributed by atoms with E-state index in [2.05, 4.69) is 58.9 Å². The molecule has 2 saturated heterocycles. The largest absolute Gasteiger partial charge is 0.392 e. The summed E-state index contributed by atoms with van der Waals surface area (Å²) in [6.07, 6.45) is 9.23. The number of amides is 2. The minimum Gasteiger partial charge on any atom is -0.392 e. The van der Waals surface area contributed by atoms with Crippen LogP contribution in [0.4, 0.5) is 4.79 Å². The highest BCUT2D eigenvalue weighted by Crippen LogP contribution is 2.55. The number of aliphatic hydroxyl groups is 1. The van der Waals surface area contributed by atoms with Crippen molar-refractivity contribution >= 4 is 6.03 Å². The van der Waals surface area contributed by atoms with E-state index in [1.165, 1.54) is 25.7 Å². The Hall–Kier alpha value is -2.49. The number of aliphatic hydroxyl groups excluding tert-OH is 1. The summed E-state index contributed by atoms with van der Waals surface area (Å²) in [4.78, 5) is 15.5. The van der Waals surface area contributed by atoms with Crippen LogP contribution < -0.4 is 10.6 Å². The standard InChI is InChI=1S/C37H51N3O5/c1-24-33(21-40-13-3-4-32(40)23-43-2)44-35(45-34(24)30-9-7-26(22-41)8-10-30)31-11-5-25(6-12-31)20-38-36(42)39-37-17-27-14-28(18-37)16-29(15-27)19-37/h5-12,24,27-29,32-35,41H,3-4,13-23H2,1-2H3,(H2,38,39,42)/t24-,27?,28?,29?,32-,33+,34+,35+,37?/m0/s1. The molecule has 45 heavy (non-hydrogen) atoms. The molecule has 0 radical (unpaired) electrons. The molecule has 2 aromatic rings. The van der Waals surface area contributed by atoms with Crippen LogP contribution in [0, 0.1) is 23.7 Å². The van der Waals surface area contributed by atoms with Crippen LogP contribution in [0.5, 0.6) is 0 Å². The lowest BCUT2D eigenvalue weighted by atomic mass is 9.53. The maximum Gasteiger partial charge on any atom is 0.315 e. The highest BCUT2D eigenvalue weighted by molar-refractivity contribution is 5.75. The van der Waals surface area contributed by atoms with Gasteiger partial charge in [0, 0.05) is 43.3 Å². The fourth-order valence-corrected chi connectivity index (χ4v) is 9.60. The molecule has 8 heteroatoms. The summed E-state index contributed by atoms with van der Waals surface area (Å²) < 4.78 is 18.9. The Labute approximate surface area is 268 Å². The second-order valence-electron chi connectivity index (χ2n) is 14.8. The zero-order chi connectivity index (χ0) is 31.0. The summed E-state index contributed by atoms with van der Waals surface area (Å²) in [6, 6.07) is 16.7. The van der Waals surface area contributed by atoms with Gasteiger partial charge in [-0.15, -0.1) is 0 Å². The number of rotatable bonds is 10.